The molecule has 0 radical (unpaired) electrons. The van der Waals surface area contributed by atoms with Crippen molar-refractivity contribution >= 4 is 69.3 Å². The molecule has 85 heavy (non-hydrogen) atoms. The van der Waals surface area contributed by atoms with Crippen molar-refractivity contribution in [2.24, 2.45) is 25.7 Å². The minimum absolute atomic E-state index is 0.0521. The zero-order valence-corrected chi connectivity index (χ0v) is 47.6. The molecule has 6 N–H and O–H groups in total. The predicted octanol–water partition coefficient (Wildman–Crippen LogP) is 6.88. The minimum atomic E-state index is -0.940. The molecule has 3 saturated heterocycles. The molecule has 19 nitrogen and oxygen atoms in total. The molecule has 19 heteroatoms. The zero-order chi connectivity index (χ0) is 58.7. The van der Waals surface area contributed by atoms with Crippen LogP contribution < -0.4 is 16.4 Å². The van der Waals surface area contributed by atoms with Gasteiger partial charge in [0.05, 0.1) is 96.4 Å². The third-order valence-electron chi connectivity index (χ3n) is 16.1. The van der Waals surface area contributed by atoms with Crippen LogP contribution in [0.2, 0.25) is 0 Å². The van der Waals surface area contributed by atoms with Gasteiger partial charge in [-0.15, -0.1) is 0 Å². The third kappa shape index (κ3) is 14.8. The topological polar surface area (TPSA) is 246 Å². The van der Waals surface area contributed by atoms with Crippen molar-refractivity contribution in [2.75, 3.05) is 118 Å². The van der Waals surface area contributed by atoms with Gasteiger partial charge in [0.15, 0.2) is 0 Å². The number of hydrogen-bond donors (Lipinski definition) is 5. The highest BCUT2D eigenvalue weighted by molar-refractivity contribution is 6.11. The fraction of sp³-hybridized carbons (Fsp3) is 0.333. The third-order valence-corrected chi connectivity index (χ3v) is 16.1. The highest BCUT2D eigenvalue weighted by Crippen LogP contribution is 2.34. The van der Waals surface area contributed by atoms with E-state index in [1.165, 1.54) is 0 Å². The number of hydrogen-bond acceptors (Lipinski definition) is 15. The number of benzene rings is 6. The number of aliphatic imine (C=N–C) groups is 4. The van der Waals surface area contributed by atoms with E-state index in [0.717, 1.165) is 195 Å². The highest BCUT2D eigenvalue weighted by atomic mass is 16.5. The molecule has 7 heterocycles. The van der Waals surface area contributed by atoms with Crippen LogP contribution in [0.4, 0.5) is 22.7 Å². The van der Waals surface area contributed by atoms with Crippen molar-refractivity contribution in [2.45, 2.75) is 25.7 Å². The van der Waals surface area contributed by atoms with Gasteiger partial charge in [-0.2, -0.15) is 0 Å². The minimum Gasteiger partial charge on any atom is -0.478 e. The number of carboxylic acid groups (broad SMARTS) is 2. The molecule has 438 valence electrons. The maximum Gasteiger partial charge on any atom is 0.335 e. The normalized spacial score (nSPS) is 17.0. The lowest BCUT2D eigenvalue weighted by molar-refractivity contribution is 0.0382. The number of aromatic carboxylic acids is 2. The molecule has 0 unspecified atom stereocenters. The first kappa shape index (κ1) is 58.4. The summed E-state index contributed by atoms with van der Waals surface area (Å²) in [6.07, 6.45) is 2.57. The van der Waals surface area contributed by atoms with E-state index in [-0.39, 0.29) is 22.9 Å². The Bertz CT molecular complexity index is 3350. The molecule has 0 spiro atoms. The van der Waals surface area contributed by atoms with Crippen molar-refractivity contribution in [3.05, 3.63) is 188 Å². The Morgan fingerprint density at radius 2 is 0.671 bits per heavy atom. The maximum atomic E-state index is 12.8. The Morgan fingerprint density at radius 3 is 0.953 bits per heavy atom. The Hall–Kier alpha value is -8.40. The summed E-state index contributed by atoms with van der Waals surface area (Å²) in [6, 6.07) is 37.9. The molecule has 0 saturated carbocycles. The molecule has 7 aliphatic heterocycles. The fourth-order valence-corrected chi connectivity index (χ4v) is 11.2. The van der Waals surface area contributed by atoms with Crippen molar-refractivity contribution in [3.63, 3.8) is 0 Å². The summed E-state index contributed by atoms with van der Waals surface area (Å²) in [5.74, 6) is -1.98. The van der Waals surface area contributed by atoms with Gasteiger partial charge < -0.3 is 40.8 Å². The number of nitrogens with zero attached hydrogens (tertiary/aromatic N) is 7. The van der Waals surface area contributed by atoms with Crippen LogP contribution in [-0.2, 0) is 39.9 Å². The number of rotatable bonds is 16. The molecule has 13 rings (SSSR count). The van der Waals surface area contributed by atoms with Gasteiger partial charge in [0, 0.05) is 115 Å². The Labute approximate surface area is 494 Å². The van der Waals surface area contributed by atoms with E-state index >= 15 is 0 Å². The number of ether oxygens (including phenoxy) is 3. The van der Waals surface area contributed by atoms with Crippen LogP contribution in [0.3, 0.4) is 0 Å². The number of carbonyl (C=O) groups excluding carboxylic acids is 2. The number of nitrogens with one attached hydrogen (secondary N) is 2. The van der Waals surface area contributed by atoms with E-state index in [1.807, 2.05) is 60.7 Å². The quantitative estimate of drug-likeness (QED) is 0.0665. The van der Waals surface area contributed by atoms with Gasteiger partial charge in [-0.05, 0) is 117 Å². The van der Waals surface area contributed by atoms with E-state index in [9.17, 15) is 19.2 Å². The van der Waals surface area contributed by atoms with Crippen LogP contribution in [0.1, 0.15) is 85.9 Å². The number of nitrogens with two attached hydrogens (primary N) is 1. The SMILES string of the molecule is NCCN1CCOCC1.O=C(NCCN1CCOCC1)c1ccc2c(c1)CC(c1ccc(C3=Nc4ccc(C(=O)NCCN5CCOCC5)cc4C3)cc1)=N2.O=C(O)c1ccc2c(c1)CC(c1ccc(C3=Nc4ccc(C(=O)O)cc4C3)cc1)=N2. The Kier molecular flexibility index (Phi) is 18.9. The molecule has 6 aromatic rings. The van der Waals surface area contributed by atoms with Crippen LogP contribution in [-0.4, -0.2) is 190 Å². The molecule has 2 amide bonds. The second kappa shape index (κ2) is 27.5. The predicted molar refractivity (Wildman–Crippen MR) is 328 cm³/mol. The fourth-order valence-electron chi connectivity index (χ4n) is 11.2. The summed E-state index contributed by atoms with van der Waals surface area (Å²) >= 11 is 0. The summed E-state index contributed by atoms with van der Waals surface area (Å²) in [6.45, 7) is 15.2. The summed E-state index contributed by atoms with van der Waals surface area (Å²) in [5.41, 5.74) is 22.5. The largest absolute Gasteiger partial charge is 0.478 e. The lowest BCUT2D eigenvalue weighted by Gasteiger charge is -2.26. The number of morpholine rings is 3. The summed E-state index contributed by atoms with van der Waals surface area (Å²) in [5, 5.41) is 24.4. The van der Waals surface area contributed by atoms with Crippen molar-refractivity contribution in [1.29, 1.82) is 0 Å². The molecular weight excluding hydrogens is 1080 g/mol. The molecule has 0 aromatic heterocycles. The number of carbonyl (C=O) groups is 4. The van der Waals surface area contributed by atoms with E-state index in [0.29, 0.717) is 49.9 Å². The second-order valence-corrected chi connectivity index (χ2v) is 21.7. The molecule has 0 aliphatic carbocycles. The molecule has 6 aromatic carbocycles. The van der Waals surface area contributed by atoms with Crippen LogP contribution >= 0.6 is 0 Å². The average Bonchev–Trinajstić information content (AvgIpc) is 4.57. The van der Waals surface area contributed by atoms with E-state index in [4.69, 9.17) is 40.1 Å². The van der Waals surface area contributed by atoms with E-state index < -0.39 is 11.9 Å². The summed E-state index contributed by atoms with van der Waals surface area (Å²) in [7, 11) is 0. The lowest BCUT2D eigenvalue weighted by atomic mass is 9.98. The Balaban J connectivity index is 0.000000164. The Morgan fingerprint density at radius 1 is 0.400 bits per heavy atom. The number of fused-ring (bicyclic) bond motifs is 4. The van der Waals surface area contributed by atoms with Crippen molar-refractivity contribution in [1.82, 2.24) is 25.3 Å². The van der Waals surface area contributed by atoms with Crippen LogP contribution in [0.5, 0.6) is 0 Å². The van der Waals surface area contributed by atoms with Gasteiger partial charge in [-0.25, -0.2) is 9.59 Å². The molecule has 3 fully saturated rings. The van der Waals surface area contributed by atoms with Crippen molar-refractivity contribution in [3.8, 4) is 0 Å². The number of amides is 2. The molecule has 0 atom stereocenters. The van der Waals surface area contributed by atoms with Gasteiger partial charge >= 0.3 is 11.9 Å². The maximum absolute atomic E-state index is 12.8. The molecular formula is C66H70N10O9. The summed E-state index contributed by atoms with van der Waals surface area (Å²) in [4.78, 5) is 73.9. The van der Waals surface area contributed by atoms with Gasteiger partial charge in [0.1, 0.15) is 0 Å². The smallest absolute Gasteiger partial charge is 0.335 e. The van der Waals surface area contributed by atoms with Crippen LogP contribution in [0.25, 0.3) is 0 Å². The lowest BCUT2D eigenvalue weighted by Crippen LogP contribution is -2.41. The molecule has 7 aliphatic rings. The van der Waals surface area contributed by atoms with Crippen LogP contribution in [0, 0.1) is 0 Å². The van der Waals surface area contributed by atoms with Gasteiger partial charge in [0.25, 0.3) is 11.8 Å². The summed E-state index contributed by atoms with van der Waals surface area (Å²) < 4.78 is 16.0. The molecule has 0 bridgehead atoms. The second-order valence-electron chi connectivity index (χ2n) is 21.7. The van der Waals surface area contributed by atoms with Crippen LogP contribution in [0.15, 0.2) is 141 Å². The van der Waals surface area contributed by atoms with Crippen molar-refractivity contribution < 1.29 is 43.6 Å². The standard InChI is InChI=1S/C36H40N6O4.C24H16N2O4.C6H14N2O/c43-35(37-9-11-41-13-17-45-18-14-41)27-5-7-31-29(21-27)23-33(39-31)25-1-2-26(4-3-25)34-24-30-22-28(6-8-32(30)40-34)36(44)38-10-12-42-15-19-46-20-16-42;27-23(28)15-5-7-19-17(9-15)11-21(25-19)13-1-2-14(4-3-13)22-12-18-10-16(24(29)30)6-8-20(18)26-22;7-1-2-8-3-5-9-6-4-8/h1-8,21-22H,9-20,23-24H2,(H,37,43)(H,38,44);1-10H,11-12H2,(H,27,28)(H,29,30);1-7H2. The average molecular weight is 1150 g/mol. The first-order chi connectivity index (χ1) is 41.5. The van der Waals surface area contributed by atoms with Gasteiger partial charge in [-0.1, -0.05) is 48.5 Å². The first-order valence-corrected chi connectivity index (χ1v) is 29.2. The monoisotopic (exact) mass is 1150 g/mol. The van der Waals surface area contributed by atoms with E-state index in [1.54, 1.807) is 36.4 Å². The highest BCUT2D eigenvalue weighted by Gasteiger charge is 2.24. The number of carboxylic acids is 2. The zero-order valence-electron chi connectivity index (χ0n) is 47.6. The first-order valence-electron chi connectivity index (χ1n) is 29.2. The van der Waals surface area contributed by atoms with Gasteiger partial charge in [0.2, 0.25) is 0 Å². The van der Waals surface area contributed by atoms with Gasteiger partial charge in [-0.3, -0.25) is 44.3 Å². The van der Waals surface area contributed by atoms with E-state index in [2.05, 4.69) is 59.6 Å².